The summed E-state index contributed by atoms with van der Waals surface area (Å²) in [7, 11) is 0. The smallest absolute Gasteiger partial charge is 0.270 e. The molecule has 2 fully saturated rings. The summed E-state index contributed by atoms with van der Waals surface area (Å²) in [5.41, 5.74) is 1.17. The Morgan fingerprint density at radius 1 is 1.42 bits per heavy atom. The summed E-state index contributed by atoms with van der Waals surface area (Å²) in [6.07, 6.45) is 7.38. The predicted molar refractivity (Wildman–Crippen MR) is 68.8 cm³/mol. The number of amides is 1. The van der Waals surface area contributed by atoms with Gasteiger partial charge in [-0.15, -0.1) is 0 Å². The normalized spacial score (nSPS) is 28.9. The van der Waals surface area contributed by atoms with Crippen LogP contribution in [0, 0.1) is 5.92 Å². The van der Waals surface area contributed by atoms with Gasteiger partial charge in [0, 0.05) is 30.5 Å². The van der Waals surface area contributed by atoms with E-state index in [1.54, 1.807) is 23.0 Å². The molecule has 0 unspecified atom stereocenters. The van der Waals surface area contributed by atoms with Gasteiger partial charge in [-0.25, -0.2) is 9.97 Å². The van der Waals surface area contributed by atoms with Gasteiger partial charge in [-0.1, -0.05) is 0 Å². The first-order valence-electron chi connectivity index (χ1n) is 6.62. The molecule has 19 heavy (non-hydrogen) atoms. The van der Waals surface area contributed by atoms with Crippen LogP contribution in [0.1, 0.15) is 23.3 Å². The molecule has 0 spiro atoms. The predicted octanol–water partition coefficient (Wildman–Crippen LogP) is 0.209. The third-order valence-corrected chi connectivity index (χ3v) is 4.16. The summed E-state index contributed by atoms with van der Waals surface area (Å²) in [6, 6.07) is 2.39. The van der Waals surface area contributed by atoms with Gasteiger partial charge in [0.15, 0.2) is 0 Å². The lowest BCUT2D eigenvalue weighted by Gasteiger charge is -2.23. The van der Waals surface area contributed by atoms with Crippen LogP contribution < -0.4 is 10.6 Å². The van der Waals surface area contributed by atoms with Crippen LogP contribution in [-0.4, -0.2) is 38.9 Å². The molecule has 3 atom stereocenters. The van der Waals surface area contributed by atoms with E-state index >= 15 is 0 Å². The van der Waals surface area contributed by atoms with E-state index in [4.69, 9.17) is 0 Å². The van der Waals surface area contributed by atoms with Gasteiger partial charge in [0.2, 0.25) is 0 Å². The van der Waals surface area contributed by atoms with Crippen LogP contribution >= 0.6 is 0 Å². The molecule has 1 amide bonds. The van der Waals surface area contributed by atoms with Gasteiger partial charge >= 0.3 is 0 Å². The third kappa shape index (κ3) is 1.79. The van der Waals surface area contributed by atoms with Gasteiger partial charge in [-0.05, 0) is 25.3 Å². The molecule has 2 N–H and O–H groups in total. The molecule has 1 saturated carbocycles. The summed E-state index contributed by atoms with van der Waals surface area (Å²) in [5, 5.41) is 6.52. The molecule has 4 rings (SSSR count). The number of carbonyl (C=O) groups excluding carboxylic acids is 1. The Labute approximate surface area is 110 Å². The first-order chi connectivity index (χ1) is 9.29. The standard InChI is InChI=1S/C13H15N5O/c19-13(17-10-4-8-3-9(10)15-6-8)11-5-12-14-1-2-18(12)7-16-11/h1-2,5,7-10,15H,3-4,6H2,(H,17,19)/t8-,9+,10-/m0/s1. The van der Waals surface area contributed by atoms with Gasteiger partial charge in [0.05, 0.1) is 0 Å². The molecular formula is C13H15N5O. The van der Waals surface area contributed by atoms with Crippen LogP contribution in [0.4, 0.5) is 0 Å². The molecule has 1 aliphatic heterocycles. The Morgan fingerprint density at radius 2 is 2.37 bits per heavy atom. The molecule has 2 aromatic heterocycles. The molecule has 2 aliphatic rings. The maximum absolute atomic E-state index is 12.2. The Hall–Kier alpha value is -1.95. The highest BCUT2D eigenvalue weighted by molar-refractivity contribution is 5.93. The van der Waals surface area contributed by atoms with Crippen molar-refractivity contribution in [2.24, 2.45) is 5.92 Å². The molecule has 3 heterocycles. The average molecular weight is 257 g/mol. The molecule has 2 aromatic rings. The van der Waals surface area contributed by atoms with Gasteiger partial charge in [0.1, 0.15) is 17.7 Å². The van der Waals surface area contributed by atoms with Gasteiger partial charge in [-0.3, -0.25) is 9.20 Å². The van der Waals surface area contributed by atoms with Crippen molar-refractivity contribution in [1.82, 2.24) is 25.0 Å². The number of fused-ring (bicyclic) bond motifs is 3. The second-order valence-electron chi connectivity index (χ2n) is 5.40. The van der Waals surface area contributed by atoms with Gasteiger partial charge in [0.25, 0.3) is 5.91 Å². The van der Waals surface area contributed by atoms with E-state index in [1.807, 2.05) is 6.20 Å². The van der Waals surface area contributed by atoms with Crippen LogP contribution in [0.2, 0.25) is 0 Å². The second kappa shape index (κ2) is 4.03. The fourth-order valence-corrected chi connectivity index (χ4v) is 3.20. The van der Waals surface area contributed by atoms with Crippen molar-refractivity contribution < 1.29 is 4.79 Å². The number of imidazole rings is 1. The molecule has 1 saturated heterocycles. The van der Waals surface area contributed by atoms with Crippen LogP contribution in [0.3, 0.4) is 0 Å². The summed E-state index contributed by atoms with van der Waals surface area (Å²) in [6.45, 7) is 1.09. The molecule has 0 radical (unpaired) electrons. The van der Waals surface area contributed by atoms with Crippen molar-refractivity contribution >= 4 is 11.6 Å². The van der Waals surface area contributed by atoms with E-state index in [0.29, 0.717) is 11.7 Å². The maximum atomic E-state index is 12.2. The molecule has 6 heteroatoms. The molecule has 1 aliphatic carbocycles. The Morgan fingerprint density at radius 3 is 3.16 bits per heavy atom. The SMILES string of the molecule is O=C(N[C@H]1C[C@H]2CN[C@@H]1C2)c1cc2nccn2cn1. The van der Waals surface area contributed by atoms with Crippen LogP contribution in [0.5, 0.6) is 0 Å². The molecule has 6 nitrogen and oxygen atoms in total. The van der Waals surface area contributed by atoms with Crippen molar-refractivity contribution in [3.63, 3.8) is 0 Å². The average Bonchev–Trinajstić information content (AvgIpc) is 3.13. The zero-order valence-corrected chi connectivity index (χ0v) is 10.4. The maximum Gasteiger partial charge on any atom is 0.270 e. The van der Waals surface area contributed by atoms with Crippen molar-refractivity contribution in [2.45, 2.75) is 24.9 Å². The summed E-state index contributed by atoms with van der Waals surface area (Å²) < 4.78 is 1.79. The van der Waals surface area contributed by atoms with E-state index in [0.717, 1.165) is 24.5 Å². The lowest BCUT2D eigenvalue weighted by Crippen LogP contribution is -2.48. The fraction of sp³-hybridized carbons (Fsp3) is 0.462. The minimum atomic E-state index is -0.107. The van der Waals surface area contributed by atoms with E-state index in [1.165, 1.54) is 6.42 Å². The molecular weight excluding hydrogens is 242 g/mol. The van der Waals surface area contributed by atoms with Crippen molar-refractivity contribution in [3.8, 4) is 0 Å². The first-order valence-corrected chi connectivity index (χ1v) is 6.62. The Bertz CT molecular complexity index is 637. The fourth-order valence-electron chi connectivity index (χ4n) is 3.20. The zero-order valence-electron chi connectivity index (χ0n) is 10.4. The van der Waals surface area contributed by atoms with Gasteiger partial charge < -0.3 is 10.6 Å². The number of piperidine rings is 1. The highest BCUT2D eigenvalue weighted by atomic mass is 16.2. The third-order valence-electron chi connectivity index (χ3n) is 4.16. The number of carbonyl (C=O) groups is 1. The quantitative estimate of drug-likeness (QED) is 0.807. The van der Waals surface area contributed by atoms with E-state index in [9.17, 15) is 4.79 Å². The monoisotopic (exact) mass is 257 g/mol. The Kier molecular flexibility index (Phi) is 2.32. The van der Waals surface area contributed by atoms with Crippen LogP contribution in [-0.2, 0) is 0 Å². The summed E-state index contributed by atoms with van der Waals surface area (Å²) in [5.74, 6) is 0.614. The van der Waals surface area contributed by atoms with Crippen molar-refractivity contribution in [1.29, 1.82) is 0 Å². The number of hydrogen-bond donors (Lipinski definition) is 2. The van der Waals surface area contributed by atoms with Crippen LogP contribution in [0.25, 0.3) is 5.65 Å². The van der Waals surface area contributed by atoms with E-state index in [2.05, 4.69) is 20.6 Å². The number of nitrogens with one attached hydrogen (secondary N) is 2. The number of aromatic nitrogens is 3. The first kappa shape index (κ1) is 10.9. The van der Waals surface area contributed by atoms with E-state index < -0.39 is 0 Å². The number of nitrogens with zero attached hydrogens (tertiary/aromatic N) is 3. The summed E-state index contributed by atoms with van der Waals surface area (Å²) in [4.78, 5) is 20.5. The topological polar surface area (TPSA) is 71.3 Å². The largest absolute Gasteiger partial charge is 0.346 e. The minimum Gasteiger partial charge on any atom is -0.346 e. The molecule has 0 aromatic carbocycles. The van der Waals surface area contributed by atoms with Gasteiger partial charge in [-0.2, -0.15) is 0 Å². The van der Waals surface area contributed by atoms with Crippen LogP contribution in [0.15, 0.2) is 24.8 Å². The highest BCUT2D eigenvalue weighted by Gasteiger charge is 2.40. The molecule has 2 bridgehead atoms. The molecule has 98 valence electrons. The second-order valence-corrected chi connectivity index (χ2v) is 5.40. The van der Waals surface area contributed by atoms with E-state index in [-0.39, 0.29) is 11.9 Å². The Balaban J connectivity index is 1.53. The minimum absolute atomic E-state index is 0.107. The summed E-state index contributed by atoms with van der Waals surface area (Å²) >= 11 is 0. The van der Waals surface area contributed by atoms with Crippen molar-refractivity contribution in [3.05, 3.63) is 30.5 Å². The van der Waals surface area contributed by atoms with Crippen molar-refractivity contribution in [2.75, 3.05) is 6.54 Å². The number of rotatable bonds is 2. The zero-order chi connectivity index (χ0) is 12.8. The highest BCUT2D eigenvalue weighted by Crippen LogP contribution is 2.31. The number of hydrogen-bond acceptors (Lipinski definition) is 4. The lowest BCUT2D eigenvalue weighted by molar-refractivity contribution is 0.0923. The lowest BCUT2D eigenvalue weighted by atomic mass is 10.1.